The van der Waals surface area contributed by atoms with Crippen molar-refractivity contribution in [2.75, 3.05) is 19.0 Å². The normalized spacial score (nSPS) is 10.4. The number of hydrogen-bond donors (Lipinski definition) is 2. The summed E-state index contributed by atoms with van der Waals surface area (Å²) in [5.41, 5.74) is 2.61. The van der Waals surface area contributed by atoms with Gasteiger partial charge >= 0.3 is 0 Å². The number of aryl methyl sites for hydroxylation is 1. The van der Waals surface area contributed by atoms with E-state index in [1.165, 1.54) is 0 Å². The van der Waals surface area contributed by atoms with Crippen LogP contribution < -0.4 is 15.4 Å². The number of carbonyl (C=O) groups excluding carboxylic acids is 2. The van der Waals surface area contributed by atoms with Gasteiger partial charge in [0.1, 0.15) is 11.3 Å². The number of rotatable bonds is 5. The first-order chi connectivity index (χ1) is 12.6. The van der Waals surface area contributed by atoms with Gasteiger partial charge in [0.15, 0.2) is 6.61 Å². The van der Waals surface area contributed by atoms with Crippen molar-refractivity contribution >= 4 is 28.4 Å². The number of carbonyl (C=O) groups is 2. The Morgan fingerprint density at radius 3 is 2.69 bits per heavy atom. The highest BCUT2D eigenvalue weighted by molar-refractivity contribution is 5.97. The van der Waals surface area contributed by atoms with Crippen LogP contribution in [-0.4, -0.2) is 30.5 Å². The van der Waals surface area contributed by atoms with Crippen LogP contribution in [0.25, 0.3) is 10.9 Å². The molecule has 3 rings (SSSR count). The third-order valence-electron chi connectivity index (χ3n) is 3.82. The molecule has 0 radical (unpaired) electrons. The van der Waals surface area contributed by atoms with Crippen LogP contribution in [0.1, 0.15) is 16.1 Å². The second kappa shape index (κ2) is 7.65. The highest BCUT2D eigenvalue weighted by Crippen LogP contribution is 2.24. The number of ether oxygens (including phenoxy) is 1. The predicted octanol–water partition coefficient (Wildman–Crippen LogP) is 2.92. The molecular formula is C20H19N3O3. The van der Waals surface area contributed by atoms with Crippen LogP contribution in [0, 0.1) is 6.92 Å². The summed E-state index contributed by atoms with van der Waals surface area (Å²) in [6.07, 6.45) is 0. The number of nitrogens with zero attached hydrogens (tertiary/aromatic N) is 1. The number of fused-ring (bicyclic) bond motifs is 1. The molecule has 0 aliphatic heterocycles. The number of benzene rings is 2. The van der Waals surface area contributed by atoms with E-state index in [-0.39, 0.29) is 18.4 Å². The molecule has 2 aromatic carbocycles. The van der Waals surface area contributed by atoms with Gasteiger partial charge in [-0.1, -0.05) is 24.3 Å². The maximum atomic E-state index is 12.2. The van der Waals surface area contributed by atoms with Crippen LogP contribution in [0.2, 0.25) is 0 Å². The summed E-state index contributed by atoms with van der Waals surface area (Å²) in [4.78, 5) is 28.3. The average Bonchev–Trinajstić information content (AvgIpc) is 2.66. The lowest BCUT2D eigenvalue weighted by atomic mass is 10.2. The quantitative estimate of drug-likeness (QED) is 0.742. The molecule has 0 bridgehead atoms. The second-order valence-corrected chi connectivity index (χ2v) is 5.78. The first-order valence-corrected chi connectivity index (χ1v) is 8.18. The number of nitrogens with one attached hydrogen (secondary N) is 2. The highest BCUT2D eigenvalue weighted by atomic mass is 16.5. The maximum Gasteiger partial charge on any atom is 0.262 e. The van der Waals surface area contributed by atoms with E-state index in [0.717, 1.165) is 16.6 Å². The van der Waals surface area contributed by atoms with Crippen LogP contribution in [0.15, 0.2) is 54.6 Å². The SMILES string of the molecule is CNC(=O)c1cccc(NC(=O)COc2cccc3ccc(C)nc23)c1. The molecule has 0 fully saturated rings. The Bertz CT molecular complexity index is 969. The van der Waals surface area contributed by atoms with Crippen molar-refractivity contribution in [2.45, 2.75) is 6.92 Å². The minimum Gasteiger partial charge on any atom is -0.481 e. The summed E-state index contributed by atoms with van der Waals surface area (Å²) in [5.74, 6) is 0.0266. The number of hydrogen-bond acceptors (Lipinski definition) is 4. The van der Waals surface area contributed by atoms with Crippen molar-refractivity contribution in [1.29, 1.82) is 0 Å². The lowest BCUT2D eigenvalue weighted by Crippen LogP contribution is -2.21. The maximum absolute atomic E-state index is 12.2. The third-order valence-corrected chi connectivity index (χ3v) is 3.82. The van der Waals surface area contributed by atoms with E-state index >= 15 is 0 Å². The van der Waals surface area contributed by atoms with E-state index < -0.39 is 0 Å². The molecule has 26 heavy (non-hydrogen) atoms. The standard InChI is InChI=1S/C20H19N3O3/c1-13-9-10-14-5-4-8-17(19(14)22-13)26-12-18(24)23-16-7-3-6-15(11-16)20(25)21-2/h3-11H,12H2,1-2H3,(H,21,25)(H,23,24). The summed E-state index contributed by atoms with van der Waals surface area (Å²) < 4.78 is 5.65. The Morgan fingerprint density at radius 1 is 1.08 bits per heavy atom. The van der Waals surface area contributed by atoms with Gasteiger partial charge in [-0.2, -0.15) is 0 Å². The lowest BCUT2D eigenvalue weighted by Gasteiger charge is -2.10. The molecule has 0 atom stereocenters. The molecule has 0 unspecified atom stereocenters. The molecule has 6 nitrogen and oxygen atoms in total. The molecular weight excluding hydrogens is 330 g/mol. The van der Waals surface area contributed by atoms with Crippen molar-refractivity contribution in [3.63, 3.8) is 0 Å². The molecule has 0 saturated heterocycles. The van der Waals surface area contributed by atoms with Crippen molar-refractivity contribution in [2.24, 2.45) is 0 Å². The van der Waals surface area contributed by atoms with E-state index in [1.807, 2.05) is 31.2 Å². The Morgan fingerprint density at radius 2 is 1.88 bits per heavy atom. The molecule has 3 aromatic rings. The van der Waals surface area contributed by atoms with Crippen LogP contribution in [-0.2, 0) is 4.79 Å². The summed E-state index contributed by atoms with van der Waals surface area (Å²) in [5, 5.41) is 6.22. The monoisotopic (exact) mass is 349 g/mol. The zero-order valence-corrected chi connectivity index (χ0v) is 14.6. The first kappa shape index (κ1) is 17.4. The van der Waals surface area contributed by atoms with Gasteiger partial charge in [-0.3, -0.25) is 9.59 Å². The Kier molecular flexibility index (Phi) is 5.12. The van der Waals surface area contributed by atoms with Crippen molar-refractivity contribution in [3.05, 3.63) is 65.9 Å². The molecule has 6 heteroatoms. The van der Waals surface area contributed by atoms with Crippen molar-refractivity contribution < 1.29 is 14.3 Å². The van der Waals surface area contributed by atoms with Crippen LogP contribution in [0.4, 0.5) is 5.69 Å². The smallest absolute Gasteiger partial charge is 0.262 e. The predicted molar refractivity (Wildman–Crippen MR) is 100 cm³/mol. The largest absolute Gasteiger partial charge is 0.481 e. The van der Waals surface area contributed by atoms with Gasteiger partial charge in [0, 0.05) is 29.4 Å². The summed E-state index contributed by atoms with van der Waals surface area (Å²) in [7, 11) is 1.56. The number of aromatic nitrogens is 1. The summed E-state index contributed by atoms with van der Waals surface area (Å²) >= 11 is 0. The fourth-order valence-electron chi connectivity index (χ4n) is 2.56. The zero-order chi connectivity index (χ0) is 18.5. The number of pyridine rings is 1. The van der Waals surface area contributed by atoms with Crippen LogP contribution in [0.3, 0.4) is 0 Å². The third kappa shape index (κ3) is 3.97. The molecule has 0 saturated carbocycles. The molecule has 132 valence electrons. The minimum absolute atomic E-state index is 0.154. The highest BCUT2D eigenvalue weighted by Gasteiger charge is 2.09. The number of anilines is 1. The van der Waals surface area contributed by atoms with Crippen molar-refractivity contribution in [3.8, 4) is 5.75 Å². The molecule has 0 spiro atoms. The number of para-hydroxylation sites is 1. The fourth-order valence-corrected chi connectivity index (χ4v) is 2.56. The lowest BCUT2D eigenvalue weighted by molar-refractivity contribution is -0.118. The summed E-state index contributed by atoms with van der Waals surface area (Å²) in [6, 6.07) is 16.2. The molecule has 0 aliphatic rings. The zero-order valence-electron chi connectivity index (χ0n) is 14.6. The molecule has 2 N–H and O–H groups in total. The van der Waals surface area contributed by atoms with Gasteiger partial charge in [-0.25, -0.2) is 4.98 Å². The van der Waals surface area contributed by atoms with Crippen LogP contribution >= 0.6 is 0 Å². The molecule has 0 aliphatic carbocycles. The average molecular weight is 349 g/mol. The van der Waals surface area contributed by atoms with E-state index in [0.29, 0.717) is 17.0 Å². The van der Waals surface area contributed by atoms with E-state index in [1.54, 1.807) is 37.4 Å². The van der Waals surface area contributed by atoms with Gasteiger partial charge < -0.3 is 15.4 Å². The van der Waals surface area contributed by atoms with Gasteiger partial charge in [-0.15, -0.1) is 0 Å². The Balaban J connectivity index is 1.68. The Labute approximate surface area is 151 Å². The van der Waals surface area contributed by atoms with Crippen molar-refractivity contribution in [1.82, 2.24) is 10.3 Å². The fraction of sp³-hybridized carbons (Fsp3) is 0.150. The van der Waals surface area contributed by atoms with Crippen LogP contribution in [0.5, 0.6) is 5.75 Å². The second-order valence-electron chi connectivity index (χ2n) is 5.78. The minimum atomic E-state index is -0.316. The van der Waals surface area contributed by atoms with Gasteiger partial charge in [-0.05, 0) is 37.3 Å². The topological polar surface area (TPSA) is 80.3 Å². The Hall–Kier alpha value is -3.41. The van der Waals surface area contributed by atoms with Gasteiger partial charge in [0.05, 0.1) is 0 Å². The van der Waals surface area contributed by atoms with E-state index in [4.69, 9.17) is 4.74 Å². The summed E-state index contributed by atoms with van der Waals surface area (Å²) in [6.45, 7) is 1.75. The molecule has 1 heterocycles. The van der Waals surface area contributed by atoms with E-state index in [9.17, 15) is 9.59 Å². The van der Waals surface area contributed by atoms with Gasteiger partial charge in [0.25, 0.3) is 11.8 Å². The molecule has 1 aromatic heterocycles. The first-order valence-electron chi connectivity index (χ1n) is 8.18. The number of amides is 2. The van der Waals surface area contributed by atoms with E-state index in [2.05, 4.69) is 15.6 Å². The van der Waals surface area contributed by atoms with Gasteiger partial charge in [0.2, 0.25) is 0 Å². The molecule has 2 amide bonds.